The molecule has 0 amide bonds. The van der Waals surface area contributed by atoms with Gasteiger partial charge in [0.1, 0.15) is 0 Å². The van der Waals surface area contributed by atoms with Crippen LogP contribution < -0.4 is 5.73 Å². The second-order valence-electron chi connectivity index (χ2n) is 5.69. The summed E-state index contributed by atoms with van der Waals surface area (Å²) >= 11 is 1.93. The van der Waals surface area contributed by atoms with Gasteiger partial charge >= 0.3 is 0 Å². The molecule has 0 spiro atoms. The standard InChI is InChI=1S/C15H25NS/c1-12(2)13-5-7-14(8-6-13)17-10-9-15(3,4)11-16/h5-8,12H,9-11,16H2,1-4H3. The first-order valence-electron chi connectivity index (χ1n) is 6.37. The highest BCUT2D eigenvalue weighted by Crippen LogP contribution is 2.26. The lowest BCUT2D eigenvalue weighted by atomic mass is 9.91. The topological polar surface area (TPSA) is 26.0 Å². The lowest BCUT2D eigenvalue weighted by molar-refractivity contribution is 0.368. The maximum Gasteiger partial charge on any atom is 0.00721 e. The van der Waals surface area contributed by atoms with E-state index in [9.17, 15) is 0 Å². The number of rotatable bonds is 6. The van der Waals surface area contributed by atoms with Crippen molar-refractivity contribution in [3.05, 3.63) is 29.8 Å². The highest BCUT2D eigenvalue weighted by molar-refractivity contribution is 7.99. The molecular weight excluding hydrogens is 226 g/mol. The molecule has 1 aromatic rings. The Bertz CT molecular complexity index is 327. The van der Waals surface area contributed by atoms with Gasteiger partial charge < -0.3 is 5.73 Å². The average molecular weight is 251 g/mol. The van der Waals surface area contributed by atoms with Crippen LogP contribution in [0.5, 0.6) is 0 Å². The van der Waals surface area contributed by atoms with Gasteiger partial charge in [0, 0.05) is 4.90 Å². The molecule has 2 heteroatoms. The van der Waals surface area contributed by atoms with E-state index in [1.54, 1.807) is 0 Å². The molecule has 96 valence electrons. The summed E-state index contributed by atoms with van der Waals surface area (Å²) in [6.45, 7) is 9.68. The van der Waals surface area contributed by atoms with Crippen LogP contribution in [-0.4, -0.2) is 12.3 Å². The molecule has 0 fully saturated rings. The Morgan fingerprint density at radius 3 is 2.24 bits per heavy atom. The lowest BCUT2D eigenvalue weighted by Crippen LogP contribution is -2.23. The van der Waals surface area contributed by atoms with Gasteiger partial charge in [0.05, 0.1) is 0 Å². The molecule has 0 aromatic heterocycles. The van der Waals surface area contributed by atoms with Crippen LogP contribution >= 0.6 is 11.8 Å². The van der Waals surface area contributed by atoms with Gasteiger partial charge in [0.15, 0.2) is 0 Å². The first-order chi connectivity index (χ1) is 7.94. The Morgan fingerprint density at radius 2 is 1.76 bits per heavy atom. The molecule has 1 aromatic carbocycles. The first kappa shape index (κ1) is 14.6. The quantitative estimate of drug-likeness (QED) is 0.764. The fraction of sp³-hybridized carbons (Fsp3) is 0.600. The number of hydrogen-bond donors (Lipinski definition) is 1. The Balaban J connectivity index is 2.42. The zero-order valence-electron chi connectivity index (χ0n) is 11.5. The predicted octanol–water partition coefficient (Wildman–Crippen LogP) is 4.28. The van der Waals surface area contributed by atoms with Crippen LogP contribution in [0.2, 0.25) is 0 Å². The zero-order valence-corrected chi connectivity index (χ0v) is 12.3. The van der Waals surface area contributed by atoms with Crippen LogP contribution in [-0.2, 0) is 0 Å². The van der Waals surface area contributed by atoms with Crippen LogP contribution in [0.15, 0.2) is 29.2 Å². The minimum absolute atomic E-state index is 0.269. The number of benzene rings is 1. The maximum atomic E-state index is 5.73. The van der Waals surface area contributed by atoms with Gasteiger partial charge in [-0.05, 0) is 47.7 Å². The van der Waals surface area contributed by atoms with Crippen LogP contribution in [0.3, 0.4) is 0 Å². The van der Waals surface area contributed by atoms with Gasteiger partial charge in [0.2, 0.25) is 0 Å². The normalized spacial score (nSPS) is 12.1. The summed E-state index contributed by atoms with van der Waals surface area (Å²) in [5, 5.41) is 0. The van der Waals surface area contributed by atoms with Crippen LogP contribution in [0.4, 0.5) is 0 Å². The smallest absolute Gasteiger partial charge is 0.00721 e. The predicted molar refractivity (Wildman–Crippen MR) is 78.7 cm³/mol. The van der Waals surface area contributed by atoms with Gasteiger partial charge in [0.25, 0.3) is 0 Å². The third-order valence-corrected chi connectivity index (χ3v) is 4.16. The summed E-state index contributed by atoms with van der Waals surface area (Å²) in [5.41, 5.74) is 7.41. The minimum atomic E-state index is 0.269. The Labute approximate surface area is 110 Å². The van der Waals surface area contributed by atoms with Gasteiger partial charge in [-0.2, -0.15) is 0 Å². The average Bonchev–Trinajstić information content (AvgIpc) is 2.29. The molecule has 17 heavy (non-hydrogen) atoms. The van der Waals surface area contributed by atoms with Crippen molar-refractivity contribution < 1.29 is 0 Å². The van der Waals surface area contributed by atoms with Crippen molar-refractivity contribution in [2.45, 2.75) is 44.9 Å². The lowest BCUT2D eigenvalue weighted by Gasteiger charge is -2.21. The number of nitrogens with two attached hydrogens (primary N) is 1. The maximum absolute atomic E-state index is 5.73. The summed E-state index contributed by atoms with van der Waals surface area (Å²) in [6.07, 6.45) is 1.17. The largest absolute Gasteiger partial charge is 0.330 e. The second-order valence-corrected chi connectivity index (χ2v) is 6.86. The molecule has 0 radical (unpaired) electrons. The summed E-state index contributed by atoms with van der Waals surface area (Å²) in [6, 6.07) is 8.94. The van der Waals surface area contributed by atoms with E-state index in [1.165, 1.54) is 16.9 Å². The van der Waals surface area contributed by atoms with Crippen molar-refractivity contribution in [3.8, 4) is 0 Å². The molecule has 2 N–H and O–H groups in total. The van der Waals surface area contributed by atoms with E-state index in [1.807, 2.05) is 11.8 Å². The van der Waals surface area contributed by atoms with E-state index in [0.29, 0.717) is 5.92 Å². The van der Waals surface area contributed by atoms with E-state index in [4.69, 9.17) is 5.73 Å². The summed E-state index contributed by atoms with van der Waals surface area (Å²) < 4.78 is 0. The molecular formula is C15H25NS. The SMILES string of the molecule is CC(C)c1ccc(SCCC(C)(C)CN)cc1. The van der Waals surface area contributed by atoms with Crippen LogP contribution in [0, 0.1) is 5.41 Å². The molecule has 0 aliphatic heterocycles. The summed E-state index contributed by atoms with van der Waals surface area (Å²) in [7, 11) is 0. The Hall–Kier alpha value is -0.470. The molecule has 0 atom stereocenters. The highest BCUT2D eigenvalue weighted by atomic mass is 32.2. The summed E-state index contributed by atoms with van der Waals surface area (Å²) in [4.78, 5) is 1.36. The van der Waals surface area contributed by atoms with Crippen LogP contribution in [0.1, 0.15) is 45.6 Å². The molecule has 0 saturated heterocycles. The Kier molecular flexibility index (Phi) is 5.54. The molecule has 0 saturated carbocycles. The first-order valence-corrected chi connectivity index (χ1v) is 7.36. The third kappa shape index (κ3) is 5.13. The van der Waals surface area contributed by atoms with Crippen molar-refractivity contribution in [2.75, 3.05) is 12.3 Å². The van der Waals surface area contributed by atoms with Crippen molar-refractivity contribution in [1.29, 1.82) is 0 Å². The summed E-state index contributed by atoms with van der Waals surface area (Å²) in [5.74, 6) is 1.76. The van der Waals surface area contributed by atoms with Gasteiger partial charge in [-0.1, -0.05) is 39.8 Å². The third-order valence-electron chi connectivity index (χ3n) is 3.15. The van der Waals surface area contributed by atoms with Crippen molar-refractivity contribution in [2.24, 2.45) is 11.1 Å². The van der Waals surface area contributed by atoms with Crippen molar-refractivity contribution in [1.82, 2.24) is 0 Å². The molecule has 1 rings (SSSR count). The van der Waals surface area contributed by atoms with Crippen LogP contribution in [0.25, 0.3) is 0 Å². The second kappa shape index (κ2) is 6.46. The molecule has 0 aliphatic carbocycles. The van der Waals surface area contributed by atoms with E-state index in [0.717, 1.165) is 12.3 Å². The monoisotopic (exact) mass is 251 g/mol. The fourth-order valence-electron chi connectivity index (χ4n) is 1.50. The fourth-order valence-corrected chi connectivity index (χ4v) is 2.72. The Morgan fingerprint density at radius 1 is 1.18 bits per heavy atom. The molecule has 0 bridgehead atoms. The van der Waals surface area contributed by atoms with Gasteiger partial charge in [-0.25, -0.2) is 0 Å². The molecule has 0 heterocycles. The van der Waals surface area contributed by atoms with E-state index in [-0.39, 0.29) is 5.41 Å². The van der Waals surface area contributed by atoms with Crippen molar-refractivity contribution in [3.63, 3.8) is 0 Å². The molecule has 0 unspecified atom stereocenters. The van der Waals surface area contributed by atoms with Gasteiger partial charge in [-0.15, -0.1) is 11.8 Å². The number of thioether (sulfide) groups is 1. The highest BCUT2D eigenvalue weighted by Gasteiger charge is 2.14. The number of hydrogen-bond acceptors (Lipinski definition) is 2. The van der Waals surface area contributed by atoms with E-state index >= 15 is 0 Å². The minimum Gasteiger partial charge on any atom is -0.330 e. The van der Waals surface area contributed by atoms with Gasteiger partial charge in [-0.3, -0.25) is 0 Å². The molecule has 1 nitrogen and oxygen atoms in total. The molecule has 0 aliphatic rings. The van der Waals surface area contributed by atoms with Crippen molar-refractivity contribution >= 4 is 11.8 Å². The zero-order chi connectivity index (χ0) is 12.9. The van der Waals surface area contributed by atoms with E-state index in [2.05, 4.69) is 52.0 Å². The van der Waals surface area contributed by atoms with E-state index < -0.39 is 0 Å².